The van der Waals surface area contributed by atoms with Gasteiger partial charge in [0.2, 0.25) is 0 Å². The van der Waals surface area contributed by atoms with Crippen molar-refractivity contribution in [3.05, 3.63) is 0 Å². The average molecular weight is 196 g/mol. The molecular formula is C9H18F2O2. The van der Waals surface area contributed by atoms with E-state index in [0.717, 1.165) is 12.8 Å². The molecule has 0 aliphatic heterocycles. The highest BCUT2D eigenvalue weighted by Crippen LogP contribution is 2.14. The van der Waals surface area contributed by atoms with Crippen LogP contribution >= 0.6 is 0 Å². The molecule has 0 aliphatic carbocycles. The van der Waals surface area contributed by atoms with Gasteiger partial charge in [-0.1, -0.05) is 26.7 Å². The molecule has 13 heavy (non-hydrogen) atoms. The summed E-state index contributed by atoms with van der Waals surface area (Å²) in [6, 6.07) is 0. The molecule has 0 aliphatic rings. The highest BCUT2D eigenvalue weighted by molar-refractivity contribution is 4.67. The molecule has 0 bridgehead atoms. The van der Waals surface area contributed by atoms with Crippen LogP contribution < -0.4 is 0 Å². The van der Waals surface area contributed by atoms with Gasteiger partial charge in [0.05, 0.1) is 12.2 Å². The molecule has 0 radical (unpaired) electrons. The maximum atomic E-state index is 11.8. The number of hydrogen-bond acceptors (Lipinski definition) is 2. The first-order valence-corrected chi connectivity index (χ1v) is 4.73. The first kappa shape index (κ1) is 12.8. The van der Waals surface area contributed by atoms with Gasteiger partial charge in [0.15, 0.2) is 0 Å². The predicted molar refractivity (Wildman–Crippen MR) is 46.7 cm³/mol. The number of ether oxygens (including phenoxy) is 1. The van der Waals surface area contributed by atoms with Crippen LogP contribution in [0.25, 0.3) is 0 Å². The molecule has 4 heteroatoms. The standard InChI is InChI=1S/C9H18F2O2/c1-3-5-6-7(12)8(4-2)13-9(10)11/h7-9,12H,3-6H2,1-2H3. The second kappa shape index (κ2) is 7.21. The summed E-state index contributed by atoms with van der Waals surface area (Å²) < 4.78 is 27.9. The Kier molecular flexibility index (Phi) is 7.09. The topological polar surface area (TPSA) is 29.5 Å². The Morgan fingerprint density at radius 2 is 1.92 bits per heavy atom. The van der Waals surface area contributed by atoms with Crippen molar-refractivity contribution in [2.45, 2.75) is 58.4 Å². The van der Waals surface area contributed by atoms with Crippen molar-refractivity contribution < 1.29 is 18.6 Å². The molecule has 0 aromatic heterocycles. The number of unbranched alkanes of at least 4 members (excludes halogenated alkanes) is 1. The predicted octanol–water partition coefficient (Wildman–Crippen LogP) is 2.56. The quantitative estimate of drug-likeness (QED) is 0.678. The molecule has 0 fully saturated rings. The lowest BCUT2D eigenvalue weighted by Gasteiger charge is -2.21. The summed E-state index contributed by atoms with van der Waals surface area (Å²) in [4.78, 5) is 0. The molecule has 0 aromatic carbocycles. The average Bonchev–Trinajstić information content (AvgIpc) is 2.09. The third kappa shape index (κ3) is 5.93. The van der Waals surface area contributed by atoms with E-state index in [0.29, 0.717) is 12.8 Å². The van der Waals surface area contributed by atoms with Gasteiger partial charge in [0.25, 0.3) is 0 Å². The van der Waals surface area contributed by atoms with E-state index < -0.39 is 18.8 Å². The Morgan fingerprint density at radius 1 is 1.31 bits per heavy atom. The molecule has 0 saturated carbocycles. The molecular weight excluding hydrogens is 178 g/mol. The van der Waals surface area contributed by atoms with E-state index in [2.05, 4.69) is 4.74 Å². The number of alkyl halides is 2. The molecule has 0 rings (SSSR count). The minimum absolute atomic E-state index is 0.412. The molecule has 1 N–H and O–H groups in total. The van der Waals surface area contributed by atoms with Crippen molar-refractivity contribution in [1.29, 1.82) is 0 Å². The maximum absolute atomic E-state index is 11.8. The Morgan fingerprint density at radius 3 is 2.31 bits per heavy atom. The molecule has 2 unspecified atom stereocenters. The van der Waals surface area contributed by atoms with Gasteiger partial charge in [0.1, 0.15) is 0 Å². The van der Waals surface area contributed by atoms with Gasteiger partial charge in [-0.2, -0.15) is 8.78 Å². The van der Waals surface area contributed by atoms with E-state index in [-0.39, 0.29) is 0 Å². The van der Waals surface area contributed by atoms with Gasteiger partial charge in [-0.3, -0.25) is 0 Å². The molecule has 0 aromatic rings. The van der Waals surface area contributed by atoms with Gasteiger partial charge < -0.3 is 9.84 Å². The lowest BCUT2D eigenvalue weighted by molar-refractivity contribution is -0.189. The first-order chi connectivity index (χ1) is 6.11. The molecule has 0 amide bonds. The van der Waals surface area contributed by atoms with Crippen LogP contribution in [-0.2, 0) is 4.74 Å². The molecule has 2 atom stereocenters. The minimum Gasteiger partial charge on any atom is -0.390 e. The highest BCUT2D eigenvalue weighted by atomic mass is 19.3. The van der Waals surface area contributed by atoms with Crippen LogP contribution in [0.3, 0.4) is 0 Å². The van der Waals surface area contributed by atoms with E-state index in [1.54, 1.807) is 6.92 Å². The van der Waals surface area contributed by atoms with Crippen LogP contribution in [0.1, 0.15) is 39.5 Å². The molecule has 0 saturated heterocycles. The van der Waals surface area contributed by atoms with Gasteiger partial charge >= 0.3 is 6.61 Å². The fourth-order valence-electron chi connectivity index (χ4n) is 1.19. The second-order valence-electron chi connectivity index (χ2n) is 3.05. The summed E-state index contributed by atoms with van der Waals surface area (Å²) in [7, 11) is 0. The van der Waals surface area contributed by atoms with Crippen molar-refractivity contribution in [1.82, 2.24) is 0 Å². The van der Waals surface area contributed by atoms with Crippen molar-refractivity contribution in [3.8, 4) is 0 Å². The van der Waals surface area contributed by atoms with E-state index in [4.69, 9.17) is 0 Å². The second-order valence-corrected chi connectivity index (χ2v) is 3.05. The zero-order valence-corrected chi connectivity index (χ0v) is 8.17. The Hall–Kier alpha value is -0.220. The number of hydrogen-bond donors (Lipinski definition) is 1. The summed E-state index contributed by atoms with van der Waals surface area (Å²) in [5.41, 5.74) is 0. The van der Waals surface area contributed by atoms with Crippen molar-refractivity contribution in [2.24, 2.45) is 0 Å². The first-order valence-electron chi connectivity index (χ1n) is 4.73. The van der Waals surface area contributed by atoms with Crippen LogP contribution in [0.5, 0.6) is 0 Å². The zero-order valence-electron chi connectivity index (χ0n) is 8.17. The number of rotatable bonds is 7. The fraction of sp³-hybridized carbons (Fsp3) is 1.00. The van der Waals surface area contributed by atoms with Crippen LogP contribution in [0.2, 0.25) is 0 Å². The minimum atomic E-state index is -2.79. The molecule has 2 nitrogen and oxygen atoms in total. The smallest absolute Gasteiger partial charge is 0.345 e. The normalized spacial score (nSPS) is 16.2. The van der Waals surface area contributed by atoms with Gasteiger partial charge in [0, 0.05) is 0 Å². The molecule has 0 spiro atoms. The van der Waals surface area contributed by atoms with E-state index in [1.807, 2.05) is 6.92 Å². The third-order valence-corrected chi connectivity index (χ3v) is 1.96. The molecule has 80 valence electrons. The number of aliphatic hydroxyl groups excluding tert-OH is 1. The van der Waals surface area contributed by atoms with E-state index >= 15 is 0 Å². The monoisotopic (exact) mass is 196 g/mol. The fourth-order valence-corrected chi connectivity index (χ4v) is 1.19. The van der Waals surface area contributed by atoms with Crippen LogP contribution in [0, 0.1) is 0 Å². The number of aliphatic hydroxyl groups is 1. The molecule has 0 heterocycles. The van der Waals surface area contributed by atoms with Gasteiger partial charge in [-0.05, 0) is 12.8 Å². The Labute approximate surface area is 77.9 Å². The van der Waals surface area contributed by atoms with Crippen LogP contribution in [0.4, 0.5) is 8.78 Å². The summed E-state index contributed by atoms with van der Waals surface area (Å²) in [6.45, 7) is 0.922. The van der Waals surface area contributed by atoms with Crippen molar-refractivity contribution in [3.63, 3.8) is 0 Å². The lowest BCUT2D eigenvalue weighted by atomic mass is 10.1. The summed E-state index contributed by atoms with van der Waals surface area (Å²) in [5.74, 6) is 0. The maximum Gasteiger partial charge on any atom is 0.345 e. The number of halogens is 2. The Bertz CT molecular complexity index is 120. The van der Waals surface area contributed by atoms with Crippen molar-refractivity contribution >= 4 is 0 Å². The van der Waals surface area contributed by atoms with Gasteiger partial charge in [-0.15, -0.1) is 0 Å². The Balaban J connectivity index is 3.77. The summed E-state index contributed by atoms with van der Waals surface area (Å²) in [6.07, 6.45) is 1.23. The largest absolute Gasteiger partial charge is 0.390 e. The zero-order chi connectivity index (χ0) is 10.3. The third-order valence-electron chi connectivity index (χ3n) is 1.96. The lowest BCUT2D eigenvalue weighted by Crippen LogP contribution is -2.30. The van der Waals surface area contributed by atoms with E-state index in [9.17, 15) is 13.9 Å². The SMILES string of the molecule is CCCCC(O)C(CC)OC(F)F. The van der Waals surface area contributed by atoms with Crippen molar-refractivity contribution in [2.75, 3.05) is 0 Å². The summed E-state index contributed by atoms with van der Waals surface area (Å²) >= 11 is 0. The summed E-state index contributed by atoms with van der Waals surface area (Å²) in [5, 5.41) is 9.43. The van der Waals surface area contributed by atoms with Gasteiger partial charge in [-0.25, -0.2) is 0 Å². The van der Waals surface area contributed by atoms with E-state index in [1.165, 1.54) is 0 Å². The van der Waals surface area contributed by atoms with Crippen LogP contribution in [-0.4, -0.2) is 23.9 Å². The van der Waals surface area contributed by atoms with Crippen LogP contribution in [0.15, 0.2) is 0 Å². The highest BCUT2D eigenvalue weighted by Gasteiger charge is 2.20.